The molecule has 24 heavy (non-hydrogen) atoms. The summed E-state index contributed by atoms with van der Waals surface area (Å²) in [6.45, 7) is 3.69. The second kappa shape index (κ2) is 7.27. The minimum Gasteiger partial charge on any atom is -0.481 e. The number of rotatable bonds is 2. The summed E-state index contributed by atoms with van der Waals surface area (Å²) in [5.74, 6) is -1.30. The maximum Gasteiger partial charge on any atom is 0.320 e. The van der Waals surface area contributed by atoms with Gasteiger partial charge in [0.05, 0.1) is 5.92 Å². The number of hydrogen-bond acceptors (Lipinski definition) is 3. The molecule has 0 spiro atoms. The lowest BCUT2D eigenvalue weighted by molar-refractivity contribution is -0.141. The van der Waals surface area contributed by atoms with Gasteiger partial charge in [-0.3, -0.25) is 4.79 Å². The second-order valence-corrected chi connectivity index (χ2v) is 6.98. The number of urea groups is 2. The SMILES string of the molecule is O=C(O)C1CCN(C(=O)NC2CCCN(C(=O)N3CCCC3)C2)C1. The van der Waals surface area contributed by atoms with Crippen molar-refractivity contribution >= 4 is 18.0 Å². The van der Waals surface area contributed by atoms with E-state index >= 15 is 0 Å². The van der Waals surface area contributed by atoms with Gasteiger partial charge in [0.1, 0.15) is 0 Å². The lowest BCUT2D eigenvalue weighted by atomic mass is 10.1. The van der Waals surface area contributed by atoms with E-state index in [-0.39, 0.29) is 24.6 Å². The van der Waals surface area contributed by atoms with E-state index in [1.165, 1.54) is 0 Å². The van der Waals surface area contributed by atoms with Gasteiger partial charge in [-0.2, -0.15) is 0 Å². The third-order valence-corrected chi connectivity index (χ3v) is 5.22. The molecule has 4 amide bonds. The van der Waals surface area contributed by atoms with Gasteiger partial charge in [0, 0.05) is 45.3 Å². The van der Waals surface area contributed by atoms with Crippen LogP contribution in [-0.4, -0.2) is 83.1 Å². The van der Waals surface area contributed by atoms with Crippen molar-refractivity contribution in [1.82, 2.24) is 20.0 Å². The molecule has 2 unspecified atom stereocenters. The van der Waals surface area contributed by atoms with Gasteiger partial charge in [-0.1, -0.05) is 0 Å². The van der Waals surface area contributed by atoms with Crippen molar-refractivity contribution in [3.8, 4) is 0 Å². The zero-order valence-corrected chi connectivity index (χ0v) is 13.9. The summed E-state index contributed by atoms with van der Waals surface area (Å²) in [6.07, 6.45) is 4.37. The van der Waals surface area contributed by atoms with E-state index in [0.717, 1.165) is 45.3 Å². The van der Waals surface area contributed by atoms with Crippen LogP contribution < -0.4 is 5.32 Å². The van der Waals surface area contributed by atoms with E-state index in [9.17, 15) is 14.4 Å². The predicted molar refractivity (Wildman–Crippen MR) is 86.6 cm³/mol. The highest BCUT2D eigenvalue weighted by molar-refractivity contribution is 5.78. The predicted octanol–water partition coefficient (Wildman–Crippen LogP) is 0.783. The number of carboxylic acid groups (broad SMARTS) is 1. The fourth-order valence-electron chi connectivity index (χ4n) is 3.79. The van der Waals surface area contributed by atoms with Crippen LogP contribution in [0.25, 0.3) is 0 Å². The van der Waals surface area contributed by atoms with Gasteiger partial charge in [0.15, 0.2) is 0 Å². The zero-order valence-electron chi connectivity index (χ0n) is 13.9. The van der Waals surface area contributed by atoms with Crippen LogP contribution in [0.3, 0.4) is 0 Å². The maximum atomic E-state index is 12.5. The standard InChI is InChI=1S/C16H26N4O4/c21-14(22)12-5-9-19(10-12)15(23)17-13-4-3-8-20(11-13)16(24)18-6-1-2-7-18/h12-13H,1-11H2,(H,17,23)(H,21,22). The molecule has 0 aromatic carbocycles. The molecule has 8 nitrogen and oxygen atoms in total. The van der Waals surface area contributed by atoms with Crippen molar-refractivity contribution < 1.29 is 19.5 Å². The number of likely N-dealkylation sites (tertiary alicyclic amines) is 3. The monoisotopic (exact) mass is 338 g/mol. The normalized spacial score (nSPS) is 27.4. The minimum absolute atomic E-state index is 0.0540. The number of nitrogens with one attached hydrogen (secondary N) is 1. The number of carbonyl (C=O) groups excluding carboxylic acids is 2. The number of carbonyl (C=O) groups is 3. The maximum absolute atomic E-state index is 12.5. The molecule has 3 aliphatic rings. The fraction of sp³-hybridized carbons (Fsp3) is 0.812. The van der Waals surface area contributed by atoms with E-state index < -0.39 is 11.9 Å². The van der Waals surface area contributed by atoms with Crippen molar-refractivity contribution in [1.29, 1.82) is 0 Å². The van der Waals surface area contributed by atoms with Crippen LogP contribution in [0, 0.1) is 5.92 Å². The van der Waals surface area contributed by atoms with Crippen molar-refractivity contribution in [3.05, 3.63) is 0 Å². The van der Waals surface area contributed by atoms with Crippen LogP contribution in [-0.2, 0) is 4.79 Å². The Balaban J connectivity index is 1.49. The Hall–Kier alpha value is -1.99. The number of aliphatic carboxylic acids is 1. The molecule has 2 atom stereocenters. The zero-order chi connectivity index (χ0) is 17.1. The summed E-state index contributed by atoms with van der Waals surface area (Å²) in [5.41, 5.74) is 0. The number of amides is 4. The Morgan fingerprint density at radius 1 is 0.833 bits per heavy atom. The fourth-order valence-corrected chi connectivity index (χ4v) is 3.79. The van der Waals surface area contributed by atoms with Crippen LogP contribution in [0.4, 0.5) is 9.59 Å². The Bertz CT molecular complexity index is 506. The summed E-state index contributed by atoms with van der Waals surface area (Å²) in [7, 11) is 0. The third-order valence-electron chi connectivity index (χ3n) is 5.22. The summed E-state index contributed by atoms with van der Waals surface area (Å²) in [6, 6.07) is -0.181. The molecule has 134 valence electrons. The van der Waals surface area contributed by atoms with Gasteiger partial charge < -0.3 is 25.1 Å². The van der Waals surface area contributed by atoms with E-state index in [1.807, 2.05) is 9.80 Å². The Morgan fingerprint density at radius 2 is 1.54 bits per heavy atom. The molecule has 0 aromatic rings. The first-order valence-corrected chi connectivity index (χ1v) is 8.86. The van der Waals surface area contributed by atoms with Gasteiger partial charge >= 0.3 is 18.0 Å². The molecular weight excluding hydrogens is 312 g/mol. The average molecular weight is 338 g/mol. The van der Waals surface area contributed by atoms with Crippen LogP contribution in [0.5, 0.6) is 0 Å². The van der Waals surface area contributed by atoms with Crippen molar-refractivity contribution in [2.45, 2.75) is 38.1 Å². The molecule has 3 fully saturated rings. The highest BCUT2D eigenvalue weighted by Gasteiger charge is 2.33. The molecule has 0 aromatic heterocycles. The van der Waals surface area contributed by atoms with Crippen LogP contribution in [0.15, 0.2) is 0 Å². The molecular formula is C16H26N4O4. The van der Waals surface area contributed by atoms with Gasteiger partial charge in [-0.05, 0) is 32.1 Å². The molecule has 8 heteroatoms. The summed E-state index contributed by atoms with van der Waals surface area (Å²) >= 11 is 0. The van der Waals surface area contributed by atoms with E-state index in [4.69, 9.17) is 5.11 Å². The summed E-state index contributed by atoms with van der Waals surface area (Å²) < 4.78 is 0. The topological polar surface area (TPSA) is 93.2 Å². The minimum atomic E-state index is -0.842. The highest BCUT2D eigenvalue weighted by atomic mass is 16.4. The van der Waals surface area contributed by atoms with Gasteiger partial charge in [0.25, 0.3) is 0 Å². The molecule has 3 rings (SSSR count). The second-order valence-electron chi connectivity index (χ2n) is 6.98. The highest BCUT2D eigenvalue weighted by Crippen LogP contribution is 2.18. The smallest absolute Gasteiger partial charge is 0.320 e. The van der Waals surface area contributed by atoms with E-state index in [0.29, 0.717) is 19.5 Å². The number of piperidine rings is 1. The first-order valence-electron chi connectivity index (χ1n) is 8.86. The lowest BCUT2D eigenvalue weighted by Gasteiger charge is -2.36. The molecule has 0 radical (unpaired) electrons. The number of carboxylic acids is 1. The third kappa shape index (κ3) is 3.73. The summed E-state index contributed by atoms with van der Waals surface area (Å²) in [4.78, 5) is 41.1. The van der Waals surface area contributed by atoms with E-state index in [1.54, 1.807) is 4.90 Å². The first kappa shape index (κ1) is 16.9. The Kier molecular flexibility index (Phi) is 5.11. The Labute approximate surface area is 141 Å². The van der Waals surface area contributed by atoms with Crippen molar-refractivity contribution in [3.63, 3.8) is 0 Å². The van der Waals surface area contributed by atoms with Crippen molar-refractivity contribution in [2.24, 2.45) is 5.92 Å². The molecule has 3 heterocycles. The summed E-state index contributed by atoms with van der Waals surface area (Å²) in [5, 5.41) is 12.0. The van der Waals surface area contributed by atoms with Crippen LogP contribution in [0.2, 0.25) is 0 Å². The molecule has 0 aliphatic carbocycles. The Morgan fingerprint density at radius 3 is 2.21 bits per heavy atom. The van der Waals surface area contributed by atoms with E-state index in [2.05, 4.69) is 5.32 Å². The number of hydrogen-bond donors (Lipinski definition) is 2. The van der Waals surface area contributed by atoms with Gasteiger partial charge in [-0.25, -0.2) is 9.59 Å². The average Bonchev–Trinajstić information content (AvgIpc) is 3.26. The molecule has 0 bridgehead atoms. The van der Waals surface area contributed by atoms with Gasteiger partial charge in [-0.15, -0.1) is 0 Å². The first-order chi connectivity index (χ1) is 11.5. The van der Waals surface area contributed by atoms with Crippen LogP contribution >= 0.6 is 0 Å². The lowest BCUT2D eigenvalue weighted by Crippen LogP contribution is -2.54. The van der Waals surface area contributed by atoms with Gasteiger partial charge in [0.2, 0.25) is 0 Å². The number of nitrogens with zero attached hydrogens (tertiary/aromatic N) is 3. The molecule has 0 saturated carbocycles. The molecule has 3 saturated heterocycles. The largest absolute Gasteiger partial charge is 0.481 e. The molecule has 2 N–H and O–H groups in total. The van der Waals surface area contributed by atoms with Crippen LogP contribution in [0.1, 0.15) is 32.1 Å². The van der Waals surface area contributed by atoms with Crippen molar-refractivity contribution in [2.75, 3.05) is 39.3 Å². The quantitative estimate of drug-likeness (QED) is 0.778. The molecule has 3 aliphatic heterocycles.